The standard InChI is InChI=1S/C21H22F2N6O3S/c1-3-32-16-8-6-15(7-9-16)13-28-19(27-17-5-4-10-24-20(17)28)12-26-33(30,31)18-11-25-29(14(18)2)21(22)23/h4-11,21,26H,3,12-13H2,1-2H3. The summed E-state index contributed by atoms with van der Waals surface area (Å²) in [5.41, 5.74) is 2.00. The van der Waals surface area contributed by atoms with Gasteiger partial charge in [0.05, 0.1) is 31.6 Å². The first-order chi connectivity index (χ1) is 15.8. The highest BCUT2D eigenvalue weighted by Gasteiger charge is 2.24. The van der Waals surface area contributed by atoms with Crippen molar-refractivity contribution in [1.82, 2.24) is 29.0 Å². The van der Waals surface area contributed by atoms with Crippen molar-refractivity contribution in [3.05, 3.63) is 65.9 Å². The van der Waals surface area contributed by atoms with Gasteiger partial charge in [0.25, 0.3) is 0 Å². The Labute approximate surface area is 189 Å². The lowest BCUT2D eigenvalue weighted by atomic mass is 10.2. The number of aromatic nitrogens is 5. The van der Waals surface area contributed by atoms with Crippen LogP contribution >= 0.6 is 0 Å². The van der Waals surface area contributed by atoms with Gasteiger partial charge in [0, 0.05) is 6.20 Å². The number of benzene rings is 1. The van der Waals surface area contributed by atoms with E-state index in [1.807, 2.05) is 35.8 Å². The summed E-state index contributed by atoms with van der Waals surface area (Å²) in [5.74, 6) is 1.18. The van der Waals surface area contributed by atoms with Crippen molar-refractivity contribution in [3.8, 4) is 5.75 Å². The summed E-state index contributed by atoms with van der Waals surface area (Å²) in [7, 11) is -4.10. The van der Waals surface area contributed by atoms with Crippen LogP contribution in [-0.2, 0) is 23.1 Å². The first kappa shape index (κ1) is 22.8. The highest BCUT2D eigenvalue weighted by Crippen LogP contribution is 2.21. The zero-order valence-corrected chi connectivity index (χ0v) is 18.8. The summed E-state index contributed by atoms with van der Waals surface area (Å²) in [5, 5.41) is 3.47. The maximum Gasteiger partial charge on any atom is 0.333 e. The van der Waals surface area contributed by atoms with Gasteiger partial charge in [0.2, 0.25) is 10.0 Å². The second-order valence-electron chi connectivity index (χ2n) is 7.18. The van der Waals surface area contributed by atoms with Crippen molar-refractivity contribution in [2.45, 2.75) is 38.4 Å². The zero-order chi connectivity index (χ0) is 23.6. The minimum atomic E-state index is -4.10. The molecule has 0 atom stereocenters. The van der Waals surface area contributed by atoms with Gasteiger partial charge in [0.15, 0.2) is 5.65 Å². The molecule has 0 amide bonds. The number of halogens is 2. The molecule has 12 heteroatoms. The summed E-state index contributed by atoms with van der Waals surface area (Å²) < 4.78 is 61.6. The summed E-state index contributed by atoms with van der Waals surface area (Å²) in [6.45, 7) is 1.06. The number of imidazole rings is 1. The first-order valence-electron chi connectivity index (χ1n) is 10.1. The van der Waals surface area contributed by atoms with Gasteiger partial charge in [-0.1, -0.05) is 12.1 Å². The minimum Gasteiger partial charge on any atom is -0.494 e. The molecule has 0 fully saturated rings. The quantitative estimate of drug-likeness (QED) is 0.398. The third kappa shape index (κ3) is 4.71. The van der Waals surface area contributed by atoms with E-state index in [1.165, 1.54) is 6.92 Å². The molecule has 0 aliphatic heterocycles. The second kappa shape index (κ2) is 9.24. The van der Waals surface area contributed by atoms with E-state index in [2.05, 4.69) is 19.8 Å². The van der Waals surface area contributed by atoms with Crippen molar-refractivity contribution in [3.63, 3.8) is 0 Å². The Kier molecular flexibility index (Phi) is 6.38. The predicted molar refractivity (Wildman–Crippen MR) is 116 cm³/mol. The fourth-order valence-corrected chi connectivity index (χ4v) is 4.60. The summed E-state index contributed by atoms with van der Waals surface area (Å²) in [6, 6.07) is 11.1. The Morgan fingerprint density at radius 3 is 2.61 bits per heavy atom. The number of nitrogens with one attached hydrogen (secondary N) is 1. The maximum absolute atomic E-state index is 13.0. The third-order valence-electron chi connectivity index (χ3n) is 5.05. The summed E-state index contributed by atoms with van der Waals surface area (Å²) in [4.78, 5) is 8.59. The van der Waals surface area contributed by atoms with Gasteiger partial charge in [0.1, 0.15) is 22.0 Å². The number of pyridine rings is 1. The molecule has 3 aromatic heterocycles. The zero-order valence-electron chi connectivity index (χ0n) is 17.9. The molecule has 0 spiro atoms. The number of sulfonamides is 1. The number of hydrogen-bond acceptors (Lipinski definition) is 6. The van der Waals surface area contributed by atoms with E-state index in [4.69, 9.17) is 4.74 Å². The number of alkyl halides is 2. The lowest BCUT2D eigenvalue weighted by Crippen LogP contribution is -2.25. The average molecular weight is 477 g/mol. The number of nitrogens with zero attached hydrogens (tertiary/aromatic N) is 5. The van der Waals surface area contributed by atoms with E-state index in [1.54, 1.807) is 18.3 Å². The normalized spacial score (nSPS) is 12.0. The monoisotopic (exact) mass is 476 g/mol. The molecule has 0 aliphatic rings. The number of fused-ring (bicyclic) bond motifs is 1. The van der Waals surface area contributed by atoms with Gasteiger partial charge in [-0.05, 0) is 43.7 Å². The fraction of sp³-hybridized carbons (Fsp3) is 0.286. The van der Waals surface area contributed by atoms with Crippen molar-refractivity contribution in [2.24, 2.45) is 0 Å². The largest absolute Gasteiger partial charge is 0.494 e. The molecule has 1 N–H and O–H groups in total. The molecule has 3 heterocycles. The molecule has 174 valence electrons. The molecule has 4 rings (SSSR count). The van der Waals surface area contributed by atoms with E-state index >= 15 is 0 Å². The van der Waals surface area contributed by atoms with Crippen LogP contribution < -0.4 is 9.46 Å². The molecule has 33 heavy (non-hydrogen) atoms. The topological polar surface area (TPSA) is 104 Å². The van der Waals surface area contributed by atoms with Crippen LogP contribution in [0.15, 0.2) is 53.7 Å². The Morgan fingerprint density at radius 2 is 1.94 bits per heavy atom. The average Bonchev–Trinajstić information content (AvgIpc) is 3.35. The molecular weight excluding hydrogens is 454 g/mol. The van der Waals surface area contributed by atoms with Crippen molar-refractivity contribution >= 4 is 21.2 Å². The van der Waals surface area contributed by atoms with Crippen LogP contribution in [0, 0.1) is 6.92 Å². The molecule has 0 aliphatic carbocycles. The first-order valence-corrected chi connectivity index (χ1v) is 11.6. The molecular formula is C21H22F2N6O3S. The van der Waals surface area contributed by atoms with Crippen LogP contribution in [0.4, 0.5) is 8.78 Å². The van der Waals surface area contributed by atoms with Crippen molar-refractivity contribution in [1.29, 1.82) is 0 Å². The van der Waals surface area contributed by atoms with E-state index in [9.17, 15) is 17.2 Å². The molecule has 0 saturated heterocycles. The van der Waals surface area contributed by atoms with Crippen LogP contribution in [0.1, 0.15) is 30.6 Å². The van der Waals surface area contributed by atoms with Crippen LogP contribution in [0.2, 0.25) is 0 Å². The molecule has 0 radical (unpaired) electrons. The van der Waals surface area contributed by atoms with Gasteiger partial charge < -0.3 is 9.30 Å². The smallest absolute Gasteiger partial charge is 0.333 e. The highest BCUT2D eigenvalue weighted by molar-refractivity contribution is 7.89. The van der Waals surface area contributed by atoms with Crippen LogP contribution in [0.25, 0.3) is 11.2 Å². The molecule has 1 aromatic carbocycles. The molecule has 0 bridgehead atoms. The predicted octanol–water partition coefficient (Wildman–Crippen LogP) is 3.26. The van der Waals surface area contributed by atoms with Gasteiger partial charge >= 0.3 is 6.55 Å². The number of ether oxygens (including phenoxy) is 1. The molecule has 9 nitrogen and oxygen atoms in total. The Hall–Kier alpha value is -3.38. The lowest BCUT2D eigenvalue weighted by molar-refractivity contribution is 0.0541. The number of rotatable bonds is 9. The van der Waals surface area contributed by atoms with Gasteiger partial charge in [-0.3, -0.25) is 0 Å². The maximum atomic E-state index is 13.0. The van der Waals surface area contributed by atoms with Gasteiger partial charge in [-0.25, -0.2) is 27.8 Å². The summed E-state index contributed by atoms with van der Waals surface area (Å²) in [6.07, 6.45) is 2.54. The summed E-state index contributed by atoms with van der Waals surface area (Å²) >= 11 is 0. The van der Waals surface area contributed by atoms with Crippen LogP contribution in [0.3, 0.4) is 0 Å². The van der Waals surface area contributed by atoms with Crippen LogP contribution in [-0.4, -0.2) is 39.3 Å². The Bertz CT molecular complexity index is 1370. The molecule has 0 saturated carbocycles. The van der Waals surface area contributed by atoms with E-state index < -0.39 is 16.6 Å². The van der Waals surface area contributed by atoms with Gasteiger partial charge in [-0.15, -0.1) is 0 Å². The van der Waals surface area contributed by atoms with E-state index in [0.717, 1.165) is 17.5 Å². The second-order valence-corrected chi connectivity index (χ2v) is 8.91. The SMILES string of the molecule is CCOc1ccc(Cn2c(CNS(=O)(=O)c3cnn(C(F)F)c3C)nc3cccnc32)cc1. The Balaban J connectivity index is 1.61. The number of hydrogen-bond donors (Lipinski definition) is 1. The molecule has 0 unspecified atom stereocenters. The fourth-order valence-electron chi connectivity index (χ4n) is 3.45. The highest BCUT2D eigenvalue weighted by atomic mass is 32.2. The van der Waals surface area contributed by atoms with E-state index in [-0.39, 0.29) is 17.1 Å². The molecule has 4 aromatic rings. The Morgan fingerprint density at radius 1 is 1.18 bits per heavy atom. The van der Waals surface area contributed by atoms with Crippen molar-refractivity contribution in [2.75, 3.05) is 6.61 Å². The van der Waals surface area contributed by atoms with E-state index in [0.29, 0.717) is 34.8 Å². The third-order valence-corrected chi connectivity index (χ3v) is 6.56. The van der Waals surface area contributed by atoms with Crippen LogP contribution in [0.5, 0.6) is 5.75 Å². The van der Waals surface area contributed by atoms with Gasteiger partial charge in [-0.2, -0.15) is 13.9 Å². The minimum absolute atomic E-state index is 0.151. The van der Waals surface area contributed by atoms with Crippen molar-refractivity contribution < 1.29 is 21.9 Å². The lowest BCUT2D eigenvalue weighted by Gasteiger charge is -2.11.